The summed E-state index contributed by atoms with van der Waals surface area (Å²) in [5.41, 5.74) is 5.74. The van der Waals surface area contributed by atoms with Crippen molar-refractivity contribution < 1.29 is 9.53 Å². The second-order valence-corrected chi connectivity index (χ2v) is 9.21. The largest absolute Gasteiger partial charge is 0.469 e. The summed E-state index contributed by atoms with van der Waals surface area (Å²) < 4.78 is 7.48. The average molecular weight is 432 g/mol. The van der Waals surface area contributed by atoms with Crippen molar-refractivity contribution in [3.8, 4) is 0 Å². The van der Waals surface area contributed by atoms with Crippen LogP contribution >= 0.6 is 0 Å². The Morgan fingerprint density at radius 1 is 1.00 bits per heavy atom. The molecule has 1 aliphatic rings. The van der Waals surface area contributed by atoms with Gasteiger partial charge in [0.25, 0.3) is 0 Å². The zero-order valence-corrected chi connectivity index (χ0v) is 19.4. The Bertz CT molecular complexity index is 1050. The van der Waals surface area contributed by atoms with E-state index in [4.69, 9.17) is 4.74 Å². The number of aromatic nitrogens is 2. The smallest absolute Gasteiger partial charge is 0.312 e. The highest BCUT2D eigenvalue weighted by atomic mass is 16.5. The fourth-order valence-corrected chi connectivity index (χ4v) is 4.76. The minimum Gasteiger partial charge on any atom is -0.469 e. The molecule has 0 amide bonds. The fourth-order valence-electron chi connectivity index (χ4n) is 4.76. The zero-order valence-electron chi connectivity index (χ0n) is 19.4. The second kappa shape index (κ2) is 9.70. The van der Waals surface area contributed by atoms with Crippen LogP contribution in [0.5, 0.6) is 0 Å². The summed E-state index contributed by atoms with van der Waals surface area (Å²) in [4.78, 5) is 19.7. The van der Waals surface area contributed by atoms with E-state index >= 15 is 0 Å². The minimum absolute atomic E-state index is 0.0805. The van der Waals surface area contributed by atoms with Gasteiger partial charge in [-0.05, 0) is 57.3 Å². The van der Waals surface area contributed by atoms with Gasteiger partial charge in [0.2, 0.25) is 0 Å². The van der Waals surface area contributed by atoms with Crippen LogP contribution in [0, 0.1) is 19.3 Å². The van der Waals surface area contributed by atoms with Crippen molar-refractivity contribution in [3.05, 3.63) is 89.0 Å². The molecule has 0 bridgehead atoms. The topological polar surface area (TPSA) is 47.4 Å². The lowest BCUT2D eigenvalue weighted by Crippen LogP contribution is -2.46. The van der Waals surface area contributed by atoms with Gasteiger partial charge in [-0.15, -0.1) is 0 Å². The number of methoxy groups -OCH3 is 1. The summed E-state index contributed by atoms with van der Waals surface area (Å²) in [5.74, 6) is -0.0805. The third-order valence-electron chi connectivity index (χ3n) is 6.71. The van der Waals surface area contributed by atoms with Crippen LogP contribution in [0.4, 0.5) is 0 Å². The molecule has 0 unspecified atom stereocenters. The van der Waals surface area contributed by atoms with E-state index in [1.165, 1.54) is 35.1 Å². The Balaban J connectivity index is 1.42. The Kier molecular flexibility index (Phi) is 6.75. The Hall–Kier alpha value is -2.92. The van der Waals surface area contributed by atoms with Gasteiger partial charge >= 0.3 is 5.97 Å². The first-order chi connectivity index (χ1) is 15.5. The maximum absolute atomic E-state index is 12.8. The second-order valence-electron chi connectivity index (χ2n) is 9.21. The predicted molar refractivity (Wildman–Crippen MR) is 126 cm³/mol. The lowest BCUT2D eigenvalue weighted by atomic mass is 9.73. The van der Waals surface area contributed by atoms with E-state index in [1.807, 2.05) is 12.5 Å². The molecule has 1 saturated heterocycles. The molecule has 0 saturated carbocycles. The summed E-state index contributed by atoms with van der Waals surface area (Å²) in [6.07, 6.45) is 6.22. The van der Waals surface area contributed by atoms with Gasteiger partial charge in [-0.2, -0.15) is 0 Å². The molecule has 5 heteroatoms. The molecule has 1 fully saturated rings. The van der Waals surface area contributed by atoms with Crippen LogP contribution in [0.2, 0.25) is 0 Å². The number of imidazole rings is 1. The lowest BCUT2D eigenvalue weighted by molar-refractivity contribution is -0.156. The molecule has 0 atom stereocenters. The molecule has 5 nitrogen and oxygen atoms in total. The molecule has 32 heavy (non-hydrogen) atoms. The van der Waals surface area contributed by atoms with E-state index < -0.39 is 5.41 Å². The molecule has 1 aromatic heterocycles. The van der Waals surface area contributed by atoms with E-state index in [2.05, 4.69) is 76.8 Å². The first-order valence-corrected chi connectivity index (χ1v) is 11.4. The number of ether oxygens (including phenoxy) is 1. The summed E-state index contributed by atoms with van der Waals surface area (Å²) in [7, 11) is 1.51. The molecule has 1 aliphatic heterocycles. The van der Waals surface area contributed by atoms with E-state index in [0.717, 1.165) is 45.4 Å². The van der Waals surface area contributed by atoms with Crippen molar-refractivity contribution in [2.24, 2.45) is 5.41 Å². The maximum Gasteiger partial charge on any atom is 0.312 e. The first kappa shape index (κ1) is 22.3. The number of likely N-dealkylation sites (tertiary alicyclic amines) is 1. The molecule has 0 aliphatic carbocycles. The van der Waals surface area contributed by atoms with Crippen molar-refractivity contribution in [3.63, 3.8) is 0 Å². The number of hydrogen-bond acceptors (Lipinski definition) is 4. The number of esters is 1. The van der Waals surface area contributed by atoms with Gasteiger partial charge in [0.15, 0.2) is 0 Å². The van der Waals surface area contributed by atoms with Crippen LogP contribution in [-0.2, 0) is 29.0 Å². The highest BCUT2D eigenvalue weighted by molar-refractivity contribution is 5.77. The first-order valence-electron chi connectivity index (χ1n) is 11.4. The molecule has 3 aromatic rings. The number of carbonyl (C=O) groups excluding carboxylic acids is 1. The molecular formula is C27H33N3O2. The van der Waals surface area contributed by atoms with Crippen LogP contribution in [0.3, 0.4) is 0 Å². The van der Waals surface area contributed by atoms with Crippen LogP contribution in [0.1, 0.15) is 40.8 Å². The number of carbonyl (C=O) groups is 1. The van der Waals surface area contributed by atoms with Crippen LogP contribution in [0.25, 0.3) is 0 Å². The molecule has 4 rings (SSSR count). The monoisotopic (exact) mass is 431 g/mol. The Labute approximate surface area is 191 Å². The SMILES string of the molecule is COC(=O)C1(Cc2cccc(C)c2)CCN(Cc2cncn2Cc2ccc(C)cc2)CC1. The third-order valence-corrected chi connectivity index (χ3v) is 6.71. The van der Waals surface area contributed by atoms with Crippen LogP contribution < -0.4 is 0 Å². The molecule has 0 radical (unpaired) electrons. The molecule has 2 aromatic carbocycles. The highest BCUT2D eigenvalue weighted by Gasteiger charge is 2.42. The number of rotatable bonds is 7. The van der Waals surface area contributed by atoms with Gasteiger partial charge in [0, 0.05) is 19.3 Å². The van der Waals surface area contributed by atoms with Gasteiger partial charge < -0.3 is 9.30 Å². The van der Waals surface area contributed by atoms with Gasteiger partial charge in [0.05, 0.1) is 24.5 Å². The molecular weight excluding hydrogens is 398 g/mol. The van der Waals surface area contributed by atoms with Gasteiger partial charge in [-0.1, -0.05) is 59.7 Å². The van der Waals surface area contributed by atoms with Crippen molar-refractivity contribution in [1.29, 1.82) is 0 Å². The standard InChI is InChI=1S/C27H33N3O2/c1-21-7-9-23(10-8-21)18-30-20-28-17-25(30)19-29-13-11-27(12-14-29,26(31)32-3)16-24-6-4-5-22(2)15-24/h4-10,15,17,20H,11-14,16,18-19H2,1-3H3. The number of benzene rings is 2. The van der Waals surface area contributed by atoms with Crippen molar-refractivity contribution in [2.75, 3.05) is 20.2 Å². The Morgan fingerprint density at radius 3 is 2.44 bits per heavy atom. The third kappa shape index (κ3) is 5.10. The summed E-state index contributed by atoms with van der Waals surface area (Å²) in [5, 5.41) is 0. The van der Waals surface area contributed by atoms with Crippen molar-refractivity contribution >= 4 is 5.97 Å². The molecule has 168 valence electrons. The highest BCUT2D eigenvalue weighted by Crippen LogP contribution is 2.37. The normalized spacial score (nSPS) is 16.1. The van der Waals surface area contributed by atoms with E-state index in [-0.39, 0.29) is 5.97 Å². The van der Waals surface area contributed by atoms with Gasteiger partial charge in [-0.25, -0.2) is 4.98 Å². The maximum atomic E-state index is 12.8. The van der Waals surface area contributed by atoms with Crippen molar-refractivity contribution in [1.82, 2.24) is 14.5 Å². The van der Waals surface area contributed by atoms with Crippen molar-refractivity contribution in [2.45, 2.75) is 46.2 Å². The predicted octanol–water partition coefficient (Wildman–Crippen LogP) is 4.55. The van der Waals surface area contributed by atoms with E-state index in [1.54, 1.807) is 0 Å². The molecule has 0 spiro atoms. The minimum atomic E-state index is -0.443. The summed E-state index contributed by atoms with van der Waals surface area (Å²) in [6, 6.07) is 17.1. The summed E-state index contributed by atoms with van der Waals surface area (Å²) >= 11 is 0. The van der Waals surface area contributed by atoms with E-state index in [0.29, 0.717) is 0 Å². The number of aryl methyl sites for hydroxylation is 2. The van der Waals surface area contributed by atoms with Gasteiger partial charge in [-0.3, -0.25) is 9.69 Å². The molecule has 2 heterocycles. The number of nitrogens with zero attached hydrogens (tertiary/aromatic N) is 3. The lowest BCUT2D eigenvalue weighted by Gasteiger charge is -2.40. The summed E-state index contributed by atoms with van der Waals surface area (Å²) in [6.45, 7) is 7.61. The number of hydrogen-bond donors (Lipinski definition) is 0. The number of piperidine rings is 1. The molecule has 0 N–H and O–H groups in total. The average Bonchev–Trinajstić information content (AvgIpc) is 3.22. The van der Waals surface area contributed by atoms with Gasteiger partial charge in [0.1, 0.15) is 0 Å². The fraction of sp³-hybridized carbons (Fsp3) is 0.407. The van der Waals surface area contributed by atoms with E-state index in [9.17, 15) is 4.79 Å². The quantitative estimate of drug-likeness (QED) is 0.515. The van der Waals surface area contributed by atoms with Crippen LogP contribution in [0.15, 0.2) is 61.1 Å². The van der Waals surface area contributed by atoms with Crippen LogP contribution in [-0.4, -0.2) is 40.6 Å². The Morgan fingerprint density at radius 2 is 1.75 bits per heavy atom. The zero-order chi connectivity index (χ0) is 22.6.